The summed E-state index contributed by atoms with van der Waals surface area (Å²) in [5.41, 5.74) is 0.632. The molecule has 0 atom stereocenters. The molecular formula is C18H34N4. The molecule has 0 radical (unpaired) electrons. The Morgan fingerprint density at radius 3 is 2.50 bits per heavy atom. The fourth-order valence-electron chi connectivity index (χ4n) is 4.65. The summed E-state index contributed by atoms with van der Waals surface area (Å²) in [5, 5.41) is 3.60. The monoisotopic (exact) mass is 306 g/mol. The molecule has 1 N–H and O–H groups in total. The lowest BCUT2D eigenvalue weighted by atomic mass is 9.86. The van der Waals surface area contributed by atoms with E-state index >= 15 is 0 Å². The molecular weight excluding hydrogens is 272 g/mol. The van der Waals surface area contributed by atoms with Crippen LogP contribution >= 0.6 is 0 Å². The topological polar surface area (TPSA) is 30.9 Å². The molecule has 4 heteroatoms. The normalized spacial score (nSPS) is 25.5. The predicted molar refractivity (Wildman–Crippen MR) is 93.4 cm³/mol. The number of rotatable bonds is 5. The fraction of sp³-hybridized carbons (Fsp3) is 0.944. The van der Waals surface area contributed by atoms with Crippen molar-refractivity contribution >= 4 is 5.96 Å². The average molecular weight is 306 g/mol. The Balaban J connectivity index is 1.34. The van der Waals surface area contributed by atoms with Gasteiger partial charge in [-0.25, -0.2) is 0 Å². The maximum atomic E-state index is 4.52. The van der Waals surface area contributed by atoms with Gasteiger partial charge in [0.1, 0.15) is 0 Å². The van der Waals surface area contributed by atoms with E-state index in [0.29, 0.717) is 5.41 Å². The smallest absolute Gasteiger partial charge is 0.193 e. The summed E-state index contributed by atoms with van der Waals surface area (Å²) in [6.45, 7) is 7.45. The van der Waals surface area contributed by atoms with Gasteiger partial charge in [-0.1, -0.05) is 12.8 Å². The van der Waals surface area contributed by atoms with Crippen LogP contribution in [0.5, 0.6) is 0 Å². The Hall–Kier alpha value is -0.770. The number of guanidine groups is 1. The van der Waals surface area contributed by atoms with Gasteiger partial charge in [0.15, 0.2) is 5.96 Å². The minimum absolute atomic E-state index is 0.632. The number of hydrogen-bond donors (Lipinski definition) is 1. The molecule has 2 saturated heterocycles. The Labute approximate surface area is 136 Å². The van der Waals surface area contributed by atoms with Crippen LogP contribution in [0, 0.1) is 5.41 Å². The van der Waals surface area contributed by atoms with Crippen molar-refractivity contribution < 1.29 is 0 Å². The van der Waals surface area contributed by atoms with Crippen LogP contribution in [-0.2, 0) is 0 Å². The van der Waals surface area contributed by atoms with E-state index in [0.717, 1.165) is 12.5 Å². The lowest BCUT2D eigenvalue weighted by Crippen LogP contribution is -2.41. The van der Waals surface area contributed by atoms with Gasteiger partial charge in [0.05, 0.1) is 0 Å². The van der Waals surface area contributed by atoms with Gasteiger partial charge >= 0.3 is 0 Å². The summed E-state index contributed by atoms with van der Waals surface area (Å²) in [4.78, 5) is 9.64. The minimum atomic E-state index is 0.632. The van der Waals surface area contributed by atoms with Crippen molar-refractivity contribution in [2.45, 2.75) is 57.8 Å². The summed E-state index contributed by atoms with van der Waals surface area (Å²) in [6.07, 6.45) is 12.5. The van der Waals surface area contributed by atoms with Crippen LogP contribution in [0.3, 0.4) is 0 Å². The SMILES string of the molecule is CN=C(NCCCCN1CCCC1)N1CCC2(CCCC2)C1. The van der Waals surface area contributed by atoms with Crippen LogP contribution in [0.25, 0.3) is 0 Å². The zero-order valence-electron chi connectivity index (χ0n) is 14.4. The van der Waals surface area contributed by atoms with Gasteiger partial charge in [-0.15, -0.1) is 0 Å². The second kappa shape index (κ2) is 7.67. The highest BCUT2D eigenvalue weighted by atomic mass is 15.3. The zero-order chi connectivity index (χ0) is 15.3. The third-order valence-corrected chi connectivity index (χ3v) is 6.00. The van der Waals surface area contributed by atoms with E-state index < -0.39 is 0 Å². The van der Waals surface area contributed by atoms with Gasteiger partial charge in [-0.2, -0.15) is 0 Å². The van der Waals surface area contributed by atoms with Crippen LogP contribution in [0.2, 0.25) is 0 Å². The van der Waals surface area contributed by atoms with Crippen molar-refractivity contribution in [2.24, 2.45) is 10.4 Å². The molecule has 0 aromatic carbocycles. The number of aliphatic imine (C=N–C) groups is 1. The lowest BCUT2D eigenvalue weighted by Gasteiger charge is -2.26. The van der Waals surface area contributed by atoms with Crippen LogP contribution in [0.1, 0.15) is 57.8 Å². The molecule has 0 aromatic rings. The van der Waals surface area contributed by atoms with Gasteiger partial charge < -0.3 is 15.1 Å². The standard InChI is InChI=1S/C18H34N4/c1-19-17(20-11-4-5-12-21-13-6-7-14-21)22-15-10-18(16-22)8-2-3-9-18/h2-16H2,1H3,(H,19,20). The number of nitrogens with zero attached hydrogens (tertiary/aromatic N) is 3. The molecule has 1 saturated carbocycles. The third-order valence-electron chi connectivity index (χ3n) is 6.00. The van der Waals surface area contributed by atoms with Gasteiger partial charge in [0.2, 0.25) is 0 Å². The van der Waals surface area contributed by atoms with Gasteiger partial charge in [-0.3, -0.25) is 4.99 Å². The van der Waals surface area contributed by atoms with E-state index in [1.165, 1.54) is 90.5 Å². The van der Waals surface area contributed by atoms with E-state index in [-0.39, 0.29) is 0 Å². The highest BCUT2D eigenvalue weighted by Crippen LogP contribution is 2.45. The largest absolute Gasteiger partial charge is 0.356 e. The number of unbranched alkanes of at least 4 members (excludes halogenated alkanes) is 1. The molecule has 1 spiro atoms. The summed E-state index contributed by atoms with van der Waals surface area (Å²) >= 11 is 0. The van der Waals surface area contributed by atoms with E-state index in [9.17, 15) is 0 Å². The van der Waals surface area contributed by atoms with E-state index in [1.54, 1.807) is 0 Å². The van der Waals surface area contributed by atoms with E-state index in [1.807, 2.05) is 7.05 Å². The van der Waals surface area contributed by atoms with Crippen molar-refractivity contribution in [3.63, 3.8) is 0 Å². The quantitative estimate of drug-likeness (QED) is 0.481. The highest BCUT2D eigenvalue weighted by Gasteiger charge is 2.40. The molecule has 0 aromatic heterocycles. The maximum Gasteiger partial charge on any atom is 0.193 e. The molecule has 0 amide bonds. The third kappa shape index (κ3) is 3.95. The van der Waals surface area contributed by atoms with Crippen molar-refractivity contribution in [1.29, 1.82) is 0 Å². The first-order valence-electron chi connectivity index (χ1n) is 9.49. The summed E-state index contributed by atoms with van der Waals surface area (Å²) in [5.74, 6) is 1.14. The van der Waals surface area contributed by atoms with Crippen LogP contribution in [-0.4, -0.2) is 62.1 Å². The number of nitrogens with one attached hydrogen (secondary N) is 1. The molecule has 2 heterocycles. The zero-order valence-corrected chi connectivity index (χ0v) is 14.4. The summed E-state index contributed by atoms with van der Waals surface area (Å²) < 4.78 is 0. The number of likely N-dealkylation sites (tertiary alicyclic amines) is 2. The van der Waals surface area contributed by atoms with Crippen LogP contribution < -0.4 is 5.32 Å². The number of hydrogen-bond acceptors (Lipinski definition) is 2. The van der Waals surface area contributed by atoms with E-state index in [2.05, 4.69) is 20.1 Å². The Kier molecular flexibility index (Phi) is 5.61. The Morgan fingerprint density at radius 2 is 1.77 bits per heavy atom. The first kappa shape index (κ1) is 16.1. The van der Waals surface area contributed by atoms with Gasteiger partial charge in [0.25, 0.3) is 0 Å². The molecule has 3 aliphatic rings. The predicted octanol–water partition coefficient (Wildman–Crippen LogP) is 2.70. The fourth-order valence-corrected chi connectivity index (χ4v) is 4.65. The van der Waals surface area contributed by atoms with Crippen LogP contribution in [0.15, 0.2) is 4.99 Å². The van der Waals surface area contributed by atoms with Crippen molar-refractivity contribution in [3.8, 4) is 0 Å². The minimum Gasteiger partial charge on any atom is -0.356 e. The van der Waals surface area contributed by atoms with Crippen molar-refractivity contribution in [1.82, 2.24) is 15.1 Å². The van der Waals surface area contributed by atoms with Gasteiger partial charge in [-0.05, 0) is 70.0 Å². The summed E-state index contributed by atoms with van der Waals surface area (Å²) in [7, 11) is 1.94. The highest BCUT2D eigenvalue weighted by molar-refractivity contribution is 5.80. The molecule has 126 valence electrons. The summed E-state index contributed by atoms with van der Waals surface area (Å²) in [6, 6.07) is 0. The molecule has 0 unspecified atom stereocenters. The maximum absolute atomic E-state index is 4.52. The molecule has 22 heavy (non-hydrogen) atoms. The molecule has 4 nitrogen and oxygen atoms in total. The lowest BCUT2D eigenvalue weighted by molar-refractivity contribution is 0.308. The van der Waals surface area contributed by atoms with Crippen molar-refractivity contribution in [3.05, 3.63) is 0 Å². The van der Waals surface area contributed by atoms with Crippen molar-refractivity contribution in [2.75, 3.05) is 46.3 Å². The van der Waals surface area contributed by atoms with E-state index in [4.69, 9.17) is 0 Å². The molecule has 1 aliphatic carbocycles. The average Bonchev–Trinajstić information content (AvgIpc) is 3.27. The van der Waals surface area contributed by atoms with Crippen LogP contribution in [0.4, 0.5) is 0 Å². The Bertz CT molecular complexity index is 367. The second-order valence-electron chi connectivity index (χ2n) is 7.61. The first-order valence-corrected chi connectivity index (χ1v) is 9.49. The molecule has 3 rings (SSSR count). The Morgan fingerprint density at radius 1 is 1.00 bits per heavy atom. The molecule has 3 fully saturated rings. The molecule has 0 bridgehead atoms. The molecule has 2 aliphatic heterocycles. The first-order chi connectivity index (χ1) is 10.8. The second-order valence-corrected chi connectivity index (χ2v) is 7.61. The van der Waals surface area contributed by atoms with Gasteiger partial charge in [0, 0.05) is 26.7 Å².